The van der Waals surface area contributed by atoms with Crippen molar-refractivity contribution < 1.29 is 4.79 Å². The molecule has 6 heteroatoms. The zero-order chi connectivity index (χ0) is 15.0. The third-order valence-electron chi connectivity index (χ3n) is 3.73. The van der Waals surface area contributed by atoms with Gasteiger partial charge in [0.2, 0.25) is 0 Å². The zero-order valence-corrected chi connectivity index (χ0v) is 13.4. The van der Waals surface area contributed by atoms with Gasteiger partial charge in [-0.05, 0) is 31.0 Å². The molecule has 5 nitrogen and oxygen atoms in total. The van der Waals surface area contributed by atoms with Gasteiger partial charge in [0, 0.05) is 35.6 Å². The molecule has 2 aromatic rings. The van der Waals surface area contributed by atoms with Gasteiger partial charge in [-0.15, -0.1) is 0 Å². The van der Waals surface area contributed by atoms with Crippen LogP contribution in [0.2, 0.25) is 0 Å². The third kappa shape index (κ3) is 2.95. The Bertz CT molecular complexity index is 678. The summed E-state index contributed by atoms with van der Waals surface area (Å²) in [5, 5.41) is 0. The number of rotatable bonds is 4. The molecule has 110 valence electrons. The van der Waals surface area contributed by atoms with Crippen molar-refractivity contribution in [3.63, 3.8) is 0 Å². The molecule has 0 spiro atoms. The van der Waals surface area contributed by atoms with Gasteiger partial charge >= 0.3 is 0 Å². The SMILES string of the molecule is Cn1ccnc1CN(C(=O)c1ccc(Br)cc1N)C1CC1. The molecule has 0 radical (unpaired) electrons. The van der Waals surface area contributed by atoms with E-state index in [9.17, 15) is 4.79 Å². The van der Waals surface area contributed by atoms with Crippen molar-refractivity contribution in [1.82, 2.24) is 14.5 Å². The van der Waals surface area contributed by atoms with Crippen molar-refractivity contribution in [3.8, 4) is 0 Å². The number of hydrogen-bond acceptors (Lipinski definition) is 3. The Morgan fingerprint density at radius 2 is 2.29 bits per heavy atom. The number of nitrogens with two attached hydrogens (primary N) is 1. The summed E-state index contributed by atoms with van der Waals surface area (Å²) in [6, 6.07) is 5.68. The van der Waals surface area contributed by atoms with Crippen LogP contribution >= 0.6 is 15.9 Å². The van der Waals surface area contributed by atoms with E-state index in [0.717, 1.165) is 23.1 Å². The first-order chi connectivity index (χ1) is 10.1. The van der Waals surface area contributed by atoms with Gasteiger partial charge in [-0.2, -0.15) is 0 Å². The fourth-order valence-electron chi connectivity index (χ4n) is 2.34. The second-order valence-corrected chi connectivity index (χ2v) is 6.27. The van der Waals surface area contributed by atoms with Gasteiger partial charge in [0.15, 0.2) is 0 Å². The van der Waals surface area contributed by atoms with Gasteiger partial charge in [-0.3, -0.25) is 4.79 Å². The van der Waals surface area contributed by atoms with Crippen LogP contribution in [-0.4, -0.2) is 26.4 Å². The molecule has 0 unspecified atom stereocenters. The number of aryl methyl sites for hydroxylation is 1. The van der Waals surface area contributed by atoms with E-state index in [4.69, 9.17) is 5.73 Å². The average Bonchev–Trinajstić information content (AvgIpc) is 3.19. The Morgan fingerprint density at radius 1 is 1.52 bits per heavy atom. The van der Waals surface area contributed by atoms with E-state index in [2.05, 4.69) is 20.9 Å². The van der Waals surface area contributed by atoms with Crippen LogP contribution in [0.15, 0.2) is 35.1 Å². The fraction of sp³-hybridized carbons (Fsp3) is 0.333. The number of nitrogens with zero attached hydrogens (tertiary/aromatic N) is 3. The minimum atomic E-state index is -0.0227. The number of nitrogen functional groups attached to an aromatic ring is 1. The van der Waals surface area contributed by atoms with Crippen molar-refractivity contribution >= 4 is 27.5 Å². The number of carbonyl (C=O) groups is 1. The van der Waals surface area contributed by atoms with Crippen LogP contribution < -0.4 is 5.73 Å². The maximum atomic E-state index is 12.8. The number of halogens is 1. The number of benzene rings is 1. The Labute approximate surface area is 131 Å². The van der Waals surface area contributed by atoms with Gasteiger partial charge < -0.3 is 15.2 Å². The van der Waals surface area contributed by atoms with Gasteiger partial charge in [-0.1, -0.05) is 15.9 Å². The maximum absolute atomic E-state index is 12.8. The van der Waals surface area contributed by atoms with Crippen LogP contribution in [0, 0.1) is 0 Å². The molecule has 1 aliphatic rings. The van der Waals surface area contributed by atoms with Gasteiger partial charge in [-0.25, -0.2) is 4.98 Å². The van der Waals surface area contributed by atoms with Gasteiger partial charge in [0.25, 0.3) is 5.91 Å². The van der Waals surface area contributed by atoms with Crippen molar-refractivity contribution in [2.45, 2.75) is 25.4 Å². The summed E-state index contributed by atoms with van der Waals surface area (Å²) in [6.45, 7) is 0.516. The van der Waals surface area contributed by atoms with Gasteiger partial charge in [0.05, 0.1) is 12.1 Å². The van der Waals surface area contributed by atoms with E-state index in [0.29, 0.717) is 23.8 Å². The monoisotopic (exact) mass is 348 g/mol. The molecule has 2 N–H and O–H groups in total. The molecule has 1 aliphatic carbocycles. The third-order valence-corrected chi connectivity index (χ3v) is 4.22. The van der Waals surface area contributed by atoms with E-state index in [-0.39, 0.29) is 5.91 Å². The standard InChI is InChI=1S/C15H17BrN4O/c1-19-7-6-18-14(19)9-20(11-3-4-11)15(21)12-5-2-10(16)8-13(12)17/h2,5-8,11H,3-4,9,17H2,1H3. The molecular formula is C15H17BrN4O. The fourth-order valence-corrected chi connectivity index (χ4v) is 2.72. The molecule has 3 rings (SSSR count). The van der Waals surface area contributed by atoms with E-state index in [1.54, 1.807) is 18.3 Å². The molecule has 0 aliphatic heterocycles. The number of hydrogen-bond donors (Lipinski definition) is 1. The second-order valence-electron chi connectivity index (χ2n) is 5.35. The van der Waals surface area contributed by atoms with Crippen LogP contribution in [0.4, 0.5) is 5.69 Å². The first kappa shape index (κ1) is 14.1. The minimum Gasteiger partial charge on any atom is -0.398 e. The molecule has 1 aromatic carbocycles. The first-order valence-corrected chi connectivity index (χ1v) is 7.68. The maximum Gasteiger partial charge on any atom is 0.256 e. The smallest absolute Gasteiger partial charge is 0.256 e. The topological polar surface area (TPSA) is 64.2 Å². The average molecular weight is 349 g/mol. The molecule has 21 heavy (non-hydrogen) atoms. The molecule has 1 heterocycles. The summed E-state index contributed by atoms with van der Waals surface area (Å²) in [5.41, 5.74) is 7.04. The van der Waals surface area contributed by atoms with Crippen molar-refractivity contribution in [3.05, 3.63) is 46.5 Å². The van der Waals surface area contributed by atoms with E-state index in [1.807, 2.05) is 28.8 Å². The lowest BCUT2D eigenvalue weighted by atomic mass is 10.1. The summed E-state index contributed by atoms with van der Waals surface area (Å²) < 4.78 is 2.81. The predicted molar refractivity (Wildman–Crippen MR) is 84.7 cm³/mol. The number of anilines is 1. The molecule has 0 bridgehead atoms. The largest absolute Gasteiger partial charge is 0.398 e. The molecule has 1 amide bonds. The van der Waals surface area contributed by atoms with Crippen LogP contribution in [0.5, 0.6) is 0 Å². The summed E-state index contributed by atoms with van der Waals surface area (Å²) >= 11 is 3.36. The Hall–Kier alpha value is -1.82. The Kier molecular flexibility index (Phi) is 3.71. The number of amides is 1. The highest BCUT2D eigenvalue weighted by atomic mass is 79.9. The summed E-state index contributed by atoms with van der Waals surface area (Å²) in [4.78, 5) is 19.0. The van der Waals surface area contributed by atoms with E-state index >= 15 is 0 Å². The summed E-state index contributed by atoms with van der Waals surface area (Å²) in [6.07, 6.45) is 5.73. The second kappa shape index (κ2) is 5.52. The quantitative estimate of drug-likeness (QED) is 0.863. The first-order valence-electron chi connectivity index (χ1n) is 6.88. The molecule has 0 saturated heterocycles. The van der Waals surface area contributed by atoms with E-state index in [1.165, 1.54) is 0 Å². The van der Waals surface area contributed by atoms with Crippen LogP contribution in [0.3, 0.4) is 0 Å². The number of aromatic nitrogens is 2. The molecular weight excluding hydrogens is 332 g/mol. The lowest BCUT2D eigenvalue weighted by Gasteiger charge is -2.23. The lowest BCUT2D eigenvalue weighted by Crippen LogP contribution is -2.34. The minimum absolute atomic E-state index is 0.0227. The van der Waals surface area contributed by atoms with Crippen molar-refractivity contribution in [2.75, 3.05) is 5.73 Å². The summed E-state index contributed by atoms with van der Waals surface area (Å²) in [7, 11) is 1.94. The highest BCUT2D eigenvalue weighted by molar-refractivity contribution is 9.10. The number of imidazole rings is 1. The summed E-state index contributed by atoms with van der Waals surface area (Å²) in [5.74, 6) is 0.858. The van der Waals surface area contributed by atoms with Gasteiger partial charge in [0.1, 0.15) is 5.82 Å². The molecule has 1 fully saturated rings. The predicted octanol–water partition coefficient (Wildman–Crippen LogP) is 2.57. The lowest BCUT2D eigenvalue weighted by molar-refractivity contribution is 0.0725. The number of carbonyl (C=O) groups excluding carboxylic acids is 1. The van der Waals surface area contributed by atoms with E-state index < -0.39 is 0 Å². The molecule has 0 atom stereocenters. The normalized spacial score (nSPS) is 14.2. The Morgan fingerprint density at radius 3 is 2.86 bits per heavy atom. The highest BCUT2D eigenvalue weighted by Gasteiger charge is 2.34. The molecule has 1 saturated carbocycles. The molecule has 1 aromatic heterocycles. The van der Waals surface area contributed by atoms with Crippen LogP contribution in [-0.2, 0) is 13.6 Å². The Balaban J connectivity index is 1.87. The van der Waals surface area contributed by atoms with Crippen molar-refractivity contribution in [2.24, 2.45) is 7.05 Å². The highest BCUT2D eigenvalue weighted by Crippen LogP contribution is 2.31. The van der Waals surface area contributed by atoms with Crippen molar-refractivity contribution in [1.29, 1.82) is 0 Å². The zero-order valence-electron chi connectivity index (χ0n) is 11.8. The van der Waals surface area contributed by atoms with Crippen LogP contribution in [0.25, 0.3) is 0 Å². The van der Waals surface area contributed by atoms with Crippen LogP contribution in [0.1, 0.15) is 29.0 Å².